The van der Waals surface area contributed by atoms with Crippen LogP contribution in [-0.4, -0.2) is 17.2 Å². The highest BCUT2D eigenvalue weighted by atomic mass is 16.5. The van der Waals surface area contributed by atoms with Crippen LogP contribution in [0.1, 0.15) is 19.4 Å². The molecule has 0 heterocycles. The van der Waals surface area contributed by atoms with Gasteiger partial charge in [0.15, 0.2) is 6.10 Å². The van der Waals surface area contributed by atoms with Crippen LogP contribution in [0.15, 0.2) is 36.6 Å². The number of allylic oxidation sites excluding steroid dienone is 1. The molecule has 1 aromatic carbocycles. The van der Waals surface area contributed by atoms with Gasteiger partial charge in [0.05, 0.1) is 6.26 Å². The molecule has 3 nitrogen and oxygen atoms in total. The number of carboxylic acids is 1. The quantitative estimate of drug-likeness (QED) is 0.770. The van der Waals surface area contributed by atoms with E-state index in [1.54, 1.807) is 0 Å². The van der Waals surface area contributed by atoms with Crippen molar-refractivity contribution >= 4 is 11.5 Å². The van der Waals surface area contributed by atoms with E-state index in [1.807, 2.05) is 37.3 Å². The molecule has 1 rings (SSSR count). The highest BCUT2D eigenvalue weighted by molar-refractivity contribution is 5.72. The first-order valence-corrected chi connectivity index (χ1v) is 4.71. The predicted octanol–water partition coefficient (Wildman–Crippen LogP) is 2.54. The van der Waals surface area contributed by atoms with Gasteiger partial charge in [0.2, 0.25) is 0 Å². The SMILES string of the molecule is CC(=COC(C)C(=O)O)c1ccccc1. The van der Waals surface area contributed by atoms with Crippen LogP contribution in [0.25, 0.3) is 5.57 Å². The first-order valence-electron chi connectivity index (χ1n) is 4.71. The summed E-state index contributed by atoms with van der Waals surface area (Å²) in [4.78, 5) is 10.5. The largest absolute Gasteiger partial charge is 0.486 e. The number of carbonyl (C=O) groups is 1. The van der Waals surface area contributed by atoms with Crippen LogP contribution < -0.4 is 0 Å². The Morgan fingerprint density at radius 2 is 2.00 bits per heavy atom. The van der Waals surface area contributed by atoms with Crippen molar-refractivity contribution in [3.63, 3.8) is 0 Å². The summed E-state index contributed by atoms with van der Waals surface area (Å²) >= 11 is 0. The van der Waals surface area contributed by atoms with Crippen LogP contribution in [0, 0.1) is 0 Å². The maximum atomic E-state index is 10.5. The van der Waals surface area contributed by atoms with Crippen molar-refractivity contribution in [3.8, 4) is 0 Å². The fourth-order valence-electron chi connectivity index (χ4n) is 1.03. The first kappa shape index (κ1) is 11.3. The molecule has 0 radical (unpaired) electrons. The Hall–Kier alpha value is -1.77. The lowest BCUT2D eigenvalue weighted by molar-refractivity contribution is -0.145. The van der Waals surface area contributed by atoms with Crippen LogP contribution in [0.5, 0.6) is 0 Å². The van der Waals surface area contributed by atoms with Crippen molar-refractivity contribution in [2.45, 2.75) is 20.0 Å². The zero-order valence-electron chi connectivity index (χ0n) is 8.81. The van der Waals surface area contributed by atoms with E-state index in [9.17, 15) is 4.79 Å². The summed E-state index contributed by atoms with van der Waals surface area (Å²) in [6.45, 7) is 3.38. The molecule has 3 heteroatoms. The lowest BCUT2D eigenvalue weighted by atomic mass is 10.1. The molecule has 0 amide bonds. The highest BCUT2D eigenvalue weighted by Crippen LogP contribution is 2.13. The lowest BCUT2D eigenvalue weighted by Crippen LogP contribution is -2.17. The third-order valence-electron chi connectivity index (χ3n) is 2.03. The van der Waals surface area contributed by atoms with Gasteiger partial charge in [-0.1, -0.05) is 30.3 Å². The lowest BCUT2D eigenvalue weighted by Gasteiger charge is -2.07. The number of hydrogen-bond acceptors (Lipinski definition) is 2. The summed E-state index contributed by atoms with van der Waals surface area (Å²) in [7, 11) is 0. The van der Waals surface area contributed by atoms with E-state index in [2.05, 4.69) is 0 Å². The Bertz CT molecular complexity index is 354. The van der Waals surface area contributed by atoms with Crippen LogP contribution in [0.4, 0.5) is 0 Å². The number of hydrogen-bond donors (Lipinski definition) is 1. The standard InChI is InChI=1S/C12H14O3/c1-9(8-15-10(2)12(13)14)11-6-4-3-5-7-11/h3-8,10H,1-2H3,(H,13,14). The van der Waals surface area contributed by atoms with Gasteiger partial charge in [-0.3, -0.25) is 0 Å². The molecule has 1 N–H and O–H groups in total. The zero-order valence-corrected chi connectivity index (χ0v) is 8.81. The molecule has 1 atom stereocenters. The second-order valence-electron chi connectivity index (χ2n) is 3.28. The summed E-state index contributed by atoms with van der Waals surface area (Å²) in [6.07, 6.45) is 0.664. The Labute approximate surface area is 89.0 Å². The van der Waals surface area contributed by atoms with Gasteiger partial charge in [0, 0.05) is 0 Å². The molecule has 1 aromatic rings. The van der Waals surface area contributed by atoms with E-state index in [4.69, 9.17) is 9.84 Å². The summed E-state index contributed by atoms with van der Waals surface area (Å²) in [5.74, 6) is -0.966. The van der Waals surface area contributed by atoms with Gasteiger partial charge in [-0.15, -0.1) is 0 Å². The van der Waals surface area contributed by atoms with E-state index >= 15 is 0 Å². The van der Waals surface area contributed by atoms with Crippen LogP contribution in [0.2, 0.25) is 0 Å². The second-order valence-corrected chi connectivity index (χ2v) is 3.28. The topological polar surface area (TPSA) is 46.5 Å². The van der Waals surface area contributed by atoms with E-state index in [0.717, 1.165) is 11.1 Å². The van der Waals surface area contributed by atoms with Crippen LogP contribution in [0.3, 0.4) is 0 Å². The van der Waals surface area contributed by atoms with Crippen LogP contribution >= 0.6 is 0 Å². The van der Waals surface area contributed by atoms with E-state index in [-0.39, 0.29) is 0 Å². The fourth-order valence-corrected chi connectivity index (χ4v) is 1.03. The molecule has 0 fully saturated rings. The Kier molecular flexibility index (Phi) is 3.92. The van der Waals surface area contributed by atoms with Gasteiger partial charge in [-0.25, -0.2) is 4.79 Å². The number of rotatable bonds is 4. The number of ether oxygens (including phenoxy) is 1. The van der Waals surface area contributed by atoms with Crippen molar-refractivity contribution in [1.82, 2.24) is 0 Å². The summed E-state index contributed by atoms with van der Waals surface area (Å²) in [5, 5.41) is 8.61. The molecular formula is C12H14O3. The van der Waals surface area contributed by atoms with Gasteiger partial charge >= 0.3 is 5.97 Å². The minimum Gasteiger partial charge on any atom is -0.486 e. The highest BCUT2D eigenvalue weighted by Gasteiger charge is 2.09. The molecule has 0 spiro atoms. The molecule has 0 saturated carbocycles. The maximum absolute atomic E-state index is 10.5. The summed E-state index contributed by atoms with van der Waals surface area (Å²) in [5.41, 5.74) is 1.93. The zero-order chi connectivity index (χ0) is 11.3. The third-order valence-corrected chi connectivity index (χ3v) is 2.03. The third kappa shape index (κ3) is 3.46. The van der Waals surface area contributed by atoms with E-state index in [0.29, 0.717) is 0 Å². The monoisotopic (exact) mass is 206 g/mol. The maximum Gasteiger partial charge on any atom is 0.344 e. The normalized spacial score (nSPS) is 13.3. The molecule has 1 unspecified atom stereocenters. The smallest absolute Gasteiger partial charge is 0.344 e. The molecule has 0 aromatic heterocycles. The predicted molar refractivity (Wildman–Crippen MR) is 58.3 cm³/mol. The fraction of sp³-hybridized carbons (Fsp3) is 0.250. The molecule has 0 aliphatic carbocycles. The number of benzene rings is 1. The van der Waals surface area contributed by atoms with Crippen molar-refractivity contribution in [3.05, 3.63) is 42.2 Å². The van der Waals surface area contributed by atoms with Gasteiger partial charge in [-0.2, -0.15) is 0 Å². The summed E-state index contributed by atoms with van der Waals surface area (Å²) < 4.78 is 5.06. The summed E-state index contributed by atoms with van der Waals surface area (Å²) in [6, 6.07) is 9.67. The second kappa shape index (κ2) is 5.20. The number of carboxylic acid groups (broad SMARTS) is 1. The molecule has 80 valence electrons. The van der Waals surface area contributed by atoms with Crippen molar-refractivity contribution in [2.75, 3.05) is 0 Å². The Morgan fingerprint density at radius 1 is 1.40 bits per heavy atom. The van der Waals surface area contributed by atoms with Crippen molar-refractivity contribution in [1.29, 1.82) is 0 Å². The van der Waals surface area contributed by atoms with Gasteiger partial charge in [-0.05, 0) is 25.0 Å². The Balaban J connectivity index is 2.65. The van der Waals surface area contributed by atoms with Crippen LogP contribution in [-0.2, 0) is 9.53 Å². The molecule has 0 bridgehead atoms. The van der Waals surface area contributed by atoms with E-state index in [1.165, 1.54) is 13.2 Å². The minimum absolute atomic E-state index is 0.816. The van der Waals surface area contributed by atoms with Gasteiger partial charge in [0.1, 0.15) is 0 Å². The van der Waals surface area contributed by atoms with Crippen molar-refractivity contribution < 1.29 is 14.6 Å². The molecule has 0 aliphatic heterocycles. The van der Waals surface area contributed by atoms with Gasteiger partial charge in [0.25, 0.3) is 0 Å². The van der Waals surface area contributed by atoms with Crippen molar-refractivity contribution in [2.24, 2.45) is 0 Å². The van der Waals surface area contributed by atoms with Gasteiger partial charge < -0.3 is 9.84 Å². The molecule has 15 heavy (non-hydrogen) atoms. The number of aliphatic carboxylic acids is 1. The first-order chi connectivity index (χ1) is 7.11. The Morgan fingerprint density at radius 3 is 2.53 bits per heavy atom. The molecule has 0 saturated heterocycles. The molecule has 0 aliphatic rings. The average Bonchev–Trinajstić information content (AvgIpc) is 2.26. The van der Waals surface area contributed by atoms with E-state index < -0.39 is 12.1 Å². The molecular weight excluding hydrogens is 192 g/mol. The minimum atomic E-state index is -0.966. The average molecular weight is 206 g/mol.